The number of carbonyl (C=O) groups excluding carboxylic acids is 1. The number of halogens is 1. The van der Waals surface area contributed by atoms with Crippen LogP contribution in [-0.4, -0.2) is 101 Å². The summed E-state index contributed by atoms with van der Waals surface area (Å²) < 4.78 is 26.8. The van der Waals surface area contributed by atoms with Crippen LogP contribution >= 0.6 is 0 Å². The van der Waals surface area contributed by atoms with E-state index in [9.17, 15) is 4.79 Å². The number of nitrogens with one attached hydrogen (secondary N) is 1. The van der Waals surface area contributed by atoms with E-state index in [-0.39, 0.29) is 17.8 Å². The first kappa shape index (κ1) is 27.7. The Morgan fingerprint density at radius 1 is 1.14 bits per heavy atom. The molecule has 11 nitrogen and oxygen atoms in total. The Bertz CT molecular complexity index is 1610. The fourth-order valence-electron chi connectivity index (χ4n) is 5.44. The number of morpholine rings is 1. The molecule has 0 spiro atoms. The summed E-state index contributed by atoms with van der Waals surface area (Å²) in [5, 5.41) is 9.12. The zero-order chi connectivity index (χ0) is 29.1. The number of aromatic nitrogens is 4. The van der Waals surface area contributed by atoms with Gasteiger partial charge in [-0.3, -0.25) is 9.79 Å². The third-order valence-corrected chi connectivity index (χ3v) is 7.64. The number of ether oxygens (including phenoxy) is 2. The van der Waals surface area contributed by atoms with Gasteiger partial charge < -0.3 is 29.4 Å². The minimum absolute atomic E-state index is 0.0569. The summed E-state index contributed by atoms with van der Waals surface area (Å²) in [6, 6.07) is 10.9. The molecular formula is C30H32FN7O4. The number of rotatable bonds is 7. The van der Waals surface area contributed by atoms with Crippen molar-refractivity contribution in [2.45, 2.75) is 18.9 Å². The predicted molar refractivity (Wildman–Crippen MR) is 156 cm³/mol. The highest BCUT2D eigenvalue weighted by atomic mass is 19.1. The molecule has 2 aliphatic rings. The molecule has 0 atom stereocenters. The number of aliphatic hydroxyl groups is 1. The number of likely N-dealkylation sites (tertiary alicyclic amines) is 1. The summed E-state index contributed by atoms with van der Waals surface area (Å²) >= 11 is 0. The fourth-order valence-corrected chi connectivity index (χ4v) is 5.44. The second-order valence-corrected chi connectivity index (χ2v) is 10.3. The number of piperidine rings is 1. The molecule has 0 unspecified atom stereocenters. The lowest BCUT2D eigenvalue weighted by atomic mass is 10.0. The first-order chi connectivity index (χ1) is 20.5. The number of fused-ring (bicyclic) bond motifs is 1. The van der Waals surface area contributed by atoms with Gasteiger partial charge in [-0.15, -0.1) is 0 Å². The van der Waals surface area contributed by atoms with Crippen molar-refractivity contribution in [2.24, 2.45) is 4.99 Å². The molecule has 12 heteroatoms. The van der Waals surface area contributed by atoms with Crippen LogP contribution < -0.4 is 9.64 Å². The van der Waals surface area contributed by atoms with Crippen LogP contribution in [0.3, 0.4) is 0 Å². The lowest BCUT2D eigenvalue weighted by Crippen LogP contribution is -2.43. The van der Waals surface area contributed by atoms with E-state index in [1.807, 2.05) is 29.2 Å². The minimum Gasteiger partial charge on any atom is -0.490 e. The van der Waals surface area contributed by atoms with Crippen molar-refractivity contribution in [3.05, 3.63) is 54.1 Å². The second-order valence-electron chi connectivity index (χ2n) is 10.3. The zero-order valence-electron chi connectivity index (χ0n) is 23.3. The molecular weight excluding hydrogens is 541 g/mol. The van der Waals surface area contributed by atoms with Gasteiger partial charge in [0.05, 0.1) is 24.6 Å². The Hall–Kier alpha value is -4.42. The smallest absolute Gasteiger partial charge is 0.248 e. The highest BCUT2D eigenvalue weighted by Crippen LogP contribution is 2.32. The van der Waals surface area contributed by atoms with Crippen LogP contribution in [0.2, 0.25) is 0 Å². The number of hydrogen-bond donors (Lipinski definition) is 2. The largest absolute Gasteiger partial charge is 0.490 e. The fraction of sp³-hybridized carbons (Fsp3) is 0.367. The van der Waals surface area contributed by atoms with Gasteiger partial charge in [0.15, 0.2) is 5.65 Å². The summed E-state index contributed by atoms with van der Waals surface area (Å²) in [7, 11) is 1.70. The van der Waals surface area contributed by atoms with Crippen molar-refractivity contribution in [1.82, 2.24) is 24.8 Å². The lowest BCUT2D eigenvalue weighted by molar-refractivity contribution is -0.135. The van der Waals surface area contributed by atoms with E-state index in [1.54, 1.807) is 24.2 Å². The molecule has 2 aliphatic heterocycles. The number of hydrogen-bond acceptors (Lipinski definition) is 9. The molecule has 0 aliphatic carbocycles. The van der Waals surface area contributed by atoms with Gasteiger partial charge in [0, 0.05) is 69.0 Å². The Labute approximate surface area is 242 Å². The van der Waals surface area contributed by atoms with Crippen molar-refractivity contribution >= 4 is 29.0 Å². The van der Waals surface area contributed by atoms with Crippen LogP contribution in [0, 0.1) is 5.82 Å². The standard InChI is InChI=1S/C30H32FN7O4/c1-32-16-21-14-19(3-5-25(21)42-22-6-8-38(9-7-22)26(40)17-39)27-28-30(34-18-33-27)36-29(35-28)20-2-4-24(23(31)15-20)37-10-12-41-13-11-37/h2-5,14-16,18,22,39H,6-13,17H2,1H3,(H,33,34,35,36). The Morgan fingerprint density at radius 2 is 1.93 bits per heavy atom. The van der Waals surface area contributed by atoms with Crippen LogP contribution in [0.1, 0.15) is 18.4 Å². The van der Waals surface area contributed by atoms with Gasteiger partial charge in [-0.25, -0.2) is 19.3 Å². The van der Waals surface area contributed by atoms with Gasteiger partial charge in [-0.1, -0.05) is 0 Å². The van der Waals surface area contributed by atoms with Gasteiger partial charge in [0.25, 0.3) is 0 Å². The SMILES string of the molecule is CN=Cc1cc(-c2ncnc3nc(-c4ccc(N5CCOCC5)c(F)c4)[nH]c23)ccc1OC1CCN(C(=O)CO)CC1. The zero-order valence-corrected chi connectivity index (χ0v) is 23.3. The quantitative estimate of drug-likeness (QED) is 0.323. The van der Waals surface area contributed by atoms with Crippen molar-refractivity contribution in [3.63, 3.8) is 0 Å². The first-order valence-corrected chi connectivity index (χ1v) is 14.0. The van der Waals surface area contributed by atoms with Crippen LogP contribution in [0.15, 0.2) is 47.7 Å². The van der Waals surface area contributed by atoms with Crippen molar-refractivity contribution in [2.75, 3.05) is 57.9 Å². The van der Waals surface area contributed by atoms with Gasteiger partial charge in [0.1, 0.15) is 41.9 Å². The number of benzene rings is 2. The number of H-pyrrole nitrogens is 1. The summed E-state index contributed by atoms with van der Waals surface area (Å²) in [5.74, 6) is 0.610. The third kappa shape index (κ3) is 5.68. The Morgan fingerprint density at radius 3 is 2.67 bits per heavy atom. The number of nitrogens with zero attached hydrogens (tertiary/aromatic N) is 6. The van der Waals surface area contributed by atoms with E-state index in [4.69, 9.17) is 14.6 Å². The molecule has 1 amide bonds. The number of amides is 1. The van der Waals surface area contributed by atoms with E-state index in [0.29, 0.717) is 91.9 Å². The molecule has 2 fully saturated rings. The molecule has 2 aromatic carbocycles. The van der Waals surface area contributed by atoms with Crippen molar-refractivity contribution < 1.29 is 23.8 Å². The highest BCUT2D eigenvalue weighted by Gasteiger charge is 2.24. The maximum absolute atomic E-state index is 15.1. The minimum atomic E-state index is -0.476. The van der Waals surface area contributed by atoms with E-state index in [0.717, 1.165) is 11.1 Å². The number of aliphatic hydroxyl groups excluding tert-OH is 1. The van der Waals surface area contributed by atoms with Gasteiger partial charge in [-0.2, -0.15) is 0 Å². The third-order valence-electron chi connectivity index (χ3n) is 7.64. The second kappa shape index (κ2) is 12.2. The van der Waals surface area contributed by atoms with Crippen LogP contribution in [0.25, 0.3) is 33.8 Å². The van der Waals surface area contributed by atoms with E-state index in [2.05, 4.69) is 24.9 Å². The first-order valence-electron chi connectivity index (χ1n) is 14.0. The number of imidazole rings is 1. The van der Waals surface area contributed by atoms with E-state index < -0.39 is 6.61 Å². The highest BCUT2D eigenvalue weighted by molar-refractivity contribution is 5.92. The number of anilines is 1. The Balaban J connectivity index is 1.25. The number of aliphatic imine (C=N–C) groups is 1. The molecule has 0 radical (unpaired) electrons. The molecule has 2 N–H and O–H groups in total. The molecule has 2 saturated heterocycles. The molecule has 6 rings (SSSR count). The van der Waals surface area contributed by atoms with Gasteiger partial charge in [0.2, 0.25) is 5.91 Å². The molecule has 0 saturated carbocycles. The van der Waals surface area contributed by atoms with Crippen LogP contribution in [0.4, 0.5) is 10.1 Å². The predicted octanol–water partition coefficient (Wildman–Crippen LogP) is 3.07. The molecule has 0 bridgehead atoms. The summed E-state index contributed by atoms with van der Waals surface area (Å²) in [4.78, 5) is 36.4. The summed E-state index contributed by atoms with van der Waals surface area (Å²) in [5.41, 5.74) is 4.53. The topological polar surface area (TPSA) is 129 Å². The monoisotopic (exact) mass is 573 g/mol. The van der Waals surface area contributed by atoms with Gasteiger partial charge in [-0.05, 0) is 36.4 Å². The summed E-state index contributed by atoms with van der Waals surface area (Å²) in [6.45, 7) is 3.07. The molecule has 218 valence electrons. The van der Waals surface area contributed by atoms with Crippen molar-refractivity contribution in [1.29, 1.82) is 0 Å². The molecule has 4 aromatic rings. The summed E-state index contributed by atoms with van der Waals surface area (Å²) in [6.07, 6.45) is 4.49. The molecule has 4 heterocycles. The molecule has 42 heavy (non-hydrogen) atoms. The normalized spacial score (nSPS) is 16.5. The van der Waals surface area contributed by atoms with Crippen LogP contribution in [0.5, 0.6) is 5.75 Å². The maximum Gasteiger partial charge on any atom is 0.248 e. The number of carbonyl (C=O) groups is 1. The molecule has 2 aromatic heterocycles. The van der Waals surface area contributed by atoms with E-state index >= 15 is 4.39 Å². The number of aromatic amines is 1. The van der Waals surface area contributed by atoms with E-state index in [1.165, 1.54) is 12.4 Å². The average Bonchev–Trinajstić information content (AvgIpc) is 3.47. The lowest BCUT2D eigenvalue weighted by Gasteiger charge is -2.32. The van der Waals surface area contributed by atoms with Crippen LogP contribution in [-0.2, 0) is 9.53 Å². The maximum atomic E-state index is 15.1. The Kier molecular flexibility index (Phi) is 8.06. The van der Waals surface area contributed by atoms with Gasteiger partial charge >= 0.3 is 0 Å². The average molecular weight is 574 g/mol. The van der Waals surface area contributed by atoms with Crippen molar-refractivity contribution in [3.8, 4) is 28.4 Å².